The van der Waals surface area contributed by atoms with Gasteiger partial charge in [0, 0.05) is 0 Å². The Kier molecular flexibility index (Phi) is 4.81. The Morgan fingerprint density at radius 3 is 2.68 bits per heavy atom. The number of benzene rings is 1. The first-order valence-corrected chi connectivity index (χ1v) is 6.77. The number of carbonyl (C=O) groups excluding carboxylic acids is 1. The Morgan fingerprint density at radius 2 is 2.05 bits per heavy atom. The summed E-state index contributed by atoms with van der Waals surface area (Å²) in [6.07, 6.45) is -0.129. The monoisotopic (exact) mass is 321 g/mol. The van der Waals surface area contributed by atoms with Crippen LogP contribution in [-0.4, -0.2) is 34.2 Å². The van der Waals surface area contributed by atoms with Crippen molar-refractivity contribution in [2.24, 2.45) is 0 Å². The van der Waals surface area contributed by atoms with Crippen molar-refractivity contribution in [3.63, 3.8) is 0 Å². The molecule has 0 aliphatic carbocycles. The number of ketones is 1. The van der Waals surface area contributed by atoms with Crippen LogP contribution < -0.4 is 15.0 Å². The molecular formula is C14H15N3O4S. The highest BCUT2D eigenvalue weighted by Crippen LogP contribution is 2.25. The van der Waals surface area contributed by atoms with E-state index in [9.17, 15) is 9.59 Å². The summed E-state index contributed by atoms with van der Waals surface area (Å²) in [5, 5.41) is 3.89. The topological polar surface area (TPSA) is 83.3 Å². The van der Waals surface area contributed by atoms with Crippen molar-refractivity contribution in [3.05, 3.63) is 45.6 Å². The molecule has 7 nitrogen and oxygen atoms in total. The summed E-state index contributed by atoms with van der Waals surface area (Å²) in [7, 11) is 2.98. The molecule has 8 heteroatoms. The number of hydrogen-bond donors (Lipinski definition) is 1. The summed E-state index contributed by atoms with van der Waals surface area (Å²) in [5.41, 5.74) is 0.0703. The zero-order valence-corrected chi connectivity index (χ0v) is 13.3. The van der Waals surface area contributed by atoms with Crippen molar-refractivity contribution in [1.82, 2.24) is 14.2 Å². The maximum absolute atomic E-state index is 12.5. The first-order chi connectivity index (χ1) is 10.5. The van der Waals surface area contributed by atoms with E-state index < -0.39 is 5.56 Å². The standard InChI is InChI=1S/C14H15N3O4S/c1-8-14(19)15-13(17(22)16-8)7-11(18)10-6-9(20-2)4-5-12(10)21-3/h4-6,22H,7H2,1-3H3. The minimum Gasteiger partial charge on any atom is -0.497 e. The highest BCUT2D eigenvalue weighted by molar-refractivity contribution is 7.78. The number of Topliss-reactive ketones (excluding diaryl/α,β-unsaturated/α-hetero) is 1. The summed E-state index contributed by atoms with van der Waals surface area (Å²) >= 11 is 4.09. The molecule has 2 rings (SSSR count). The fourth-order valence-corrected chi connectivity index (χ4v) is 2.12. The van der Waals surface area contributed by atoms with Crippen LogP contribution in [0.2, 0.25) is 0 Å². The molecule has 1 heterocycles. The second kappa shape index (κ2) is 6.61. The largest absolute Gasteiger partial charge is 0.497 e. The van der Waals surface area contributed by atoms with Gasteiger partial charge in [-0.3, -0.25) is 9.59 Å². The summed E-state index contributed by atoms with van der Waals surface area (Å²) < 4.78 is 11.4. The number of methoxy groups -OCH3 is 2. The Balaban J connectivity index is 2.37. The lowest BCUT2D eigenvalue weighted by atomic mass is 10.1. The quantitative estimate of drug-likeness (QED) is 0.655. The smallest absolute Gasteiger partial charge is 0.294 e. The van der Waals surface area contributed by atoms with Gasteiger partial charge >= 0.3 is 0 Å². The van der Waals surface area contributed by atoms with Gasteiger partial charge in [-0.2, -0.15) is 14.2 Å². The highest BCUT2D eigenvalue weighted by atomic mass is 32.1. The predicted molar refractivity (Wildman–Crippen MR) is 83.0 cm³/mol. The maximum Gasteiger partial charge on any atom is 0.294 e. The zero-order valence-electron chi connectivity index (χ0n) is 12.4. The number of hydrogen-bond acceptors (Lipinski definition) is 7. The average molecular weight is 321 g/mol. The molecule has 0 fully saturated rings. The minimum atomic E-state index is -0.481. The van der Waals surface area contributed by atoms with Crippen LogP contribution >= 0.6 is 12.8 Å². The Labute approximate surface area is 132 Å². The third-order valence-electron chi connectivity index (χ3n) is 3.04. The van der Waals surface area contributed by atoms with Gasteiger partial charge < -0.3 is 9.47 Å². The van der Waals surface area contributed by atoms with E-state index in [1.54, 1.807) is 18.2 Å². The first-order valence-electron chi connectivity index (χ1n) is 6.37. The SMILES string of the molecule is COc1ccc(OC)c(C(=O)Cc2nc(=O)c(C)nn2S)c1. The van der Waals surface area contributed by atoms with Gasteiger partial charge in [0.25, 0.3) is 5.56 Å². The van der Waals surface area contributed by atoms with Crippen molar-refractivity contribution >= 4 is 18.6 Å². The van der Waals surface area contributed by atoms with Crippen LogP contribution in [0.25, 0.3) is 0 Å². The fraction of sp³-hybridized carbons (Fsp3) is 0.286. The molecular weight excluding hydrogens is 306 g/mol. The number of nitrogens with zero attached hydrogens (tertiary/aromatic N) is 3. The number of ether oxygens (including phenoxy) is 2. The first kappa shape index (κ1) is 16.0. The van der Waals surface area contributed by atoms with E-state index in [0.717, 1.165) is 4.09 Å². The van der Waals surface area contributed by atoms with Gasteiger partial charge in [-0.05, 0) is 37.9 Å². The molecule has 1 aromatic carbocycles. The van der Waals surface area contributed by atoms with Crippen molar-refractivity contribution in [3.8, 4) is 11.5 Å². The van der Waals surface area contributed by atoms with E-state index >= 15 is 0 Å². The van der Waals surface area contributed by atoms with Gasteiger partial charge in [-0.25, -0.2) is 0 Å². The molecule has 22 heavy (non-hydrogen) atoms. The lowest BCUT2D eigenvalue weighted by Crippen LogP contribution is -2.22. The number of thiol groups is 1. The van der Waals surface area contributed by atoms with Gasteiger partial charge in [-0.1, -0.05) is 0 Å². The molecule has 116 valence electrons. The summed E-state index contributed by atoms with van der Waals surface area (Å²) in [6, 6.07) is 4.90. The van der Waals surface area contributed by atoms with Gasteiger partial charge in [0.15, 0.2) is 5.78 Å². The molecule has 0 saturated heterocycles. The van der Waals surface area contributed by atoms with Crippen molar-refractivity contribution in [2.75, 3.05) is 14.2 Å². The maximum atomic E-state index is 12.5. The van der Waals surface area contributed by atoms with E-state index in [-0.39, 0.29) is 23.7 Å². The Bertz CT molecular complexity index is 773. The van der Waals surface area contributed by atoms with E-state index in [2.05, 4.69) is 22.9 Å². The number of aromatic nitrogens is 3. The van der Waals surface area contributed by atoms with Crippen molar-refractivity contribution in [1.29, 1.82) is 0 Å². The molecule has 0 saturated carbocycles. The van der Waals surface area contributed by atoms with E-state index in [1.807, 2.05) is 0 Å². The van der Waals surface area contributed by atoms with Crippen LogP contribution in [0.1, 0.15) is 21.9 Å². The summed E-state index contributed by atoms with van der Waals surface area (Å²) in [4.78, 5) is 27.8. The van der Waals surface area contributed by atoms with Crippen LogP contribution in [-0.2, 0) is 6.42 Å². The van der Waals surface area contributed by atoms with Crippen LogP contribution in [0.5, 0.6) is 11.5 Å². The molecule has 0 radical (unpaired) electrons. The highest BCUT2D eigenvalue weighted by Gasteiger charge is 2.17. The third-order valence-corrected chi connectivity index (χ3v) is 3.36. The Morgan fingerprint density at radius 1 is 1.32 bits per heavy atom. The summed E-state index contributed by atoms with van der Waals surface area (Å²) in [6.45, 7) is 1.53. The van der Waals surface area contributed by atoms with Gasteiger partial charge in [0.05, 0.1) is 26.2 Å². The predicted octanol–water partition coefficient (Wildman–Crippen LogP) is 1.08. The van der Waals surface area contributed by atoms with Crippen LogP contribution in [0.15, 0.2) is 23.0 Å². The molecule has 0 spiro atoms. The van der Waals surface area contributed by atoms with E-state index in [4.69, 9.17) is 9.47 Å². The average Bonchev–Trinajstić information content (AvgIpc) is 2.51. The van der Waals surface area contributed by atoms with Crippen molar-refractivity contribution in [2.45, 2.75) is 13.3 Å². The number of rotatable bonds is 5. The normalized spacial score (nSPS) is 10.4. The van der Waals surface area contributed by atoms with Crippen LogP contribution in [0.3, 0.4) is 0 Å². The fourth-order valence-electron chi connectivity index (χ4n) is 1.87. The lowest BCUT2D eigenvalue weighted by Gasteiger charge is -2.10. The van der Waals surface area contributed by atoms with Gasteiger partial charge in [0.2, 0.25) is 0 Å². The van der Waals surface area contributed by atoms with E-state index in [1.165, 1.54) is 21.1 Å². The molecule has 0 N–H and O–H groups in total. The molecule has 0 amide bonds. The number of carbonyl (C=O) groups is 1. The molecule has 0 bridgehead atoms. The lowest BCUT2D eigenvalue weighted by molar-refractivity contribution is 0.0986. The van der Waals surface area contributed by atoms with E-state index in [0.29, 0.717) is 17.1 Å². The van der Waals surface area contributed by atoms with Crippen LogP contribution in [0, 0.1) is 6.92 Å². The molecule has 1 aromatic heterocycles. The van der Waals surface area contributed by atoms with Gasteiger partial charge in [0.1, 0.15) is 23.0 Å². The third kappa shape index (κ3) is 3.28. The molecule has 0 atom stereocenters. The molecule has 0 aliphatic heterocycles. The molecule has 0 aliphatic rings. The number of aryl methyl sites for hydroxylation is 1. The molecule has 2 aromatic rings. The minimum absolute atomic E-state index is 0.129. The second-order valence-corrected chi connectivity index (χ2v) is 4.85. The summed E-state index contributed by atoms with van der Waals surface area (Å²) in [5.74, 6) is 0.825. The second-order valence-electron chi connectivity index (χ2n) is 4.47. The van der Waals surface area contributed by atoms with Crippen molar-refractivity contribution < 1.29 is 14.3 Å². The Hall–Kier alpha value is -2.35. The molecule has 0 unspecified atom stereocenters. The zero-order chi connectivity index (χ0) is 16.3. The van der Waals surface area contributed by atoms with Crippen LogP contribution in [0.4, 0.5) is 0 Å². The van der Waals surface area contributed by atoms with Gasteiger partial charge in [-0.15, -0.1) is 0 Å².